The molecule has 5 aromatic rings. The van der Waals surface area contributed by atoms with Crippen molar-refractivity contribution in [2.45, 2.75) is 0 Å². The molecule has 3 heteroatoms. The monoisotopic (exact) mass is 343 g/mol. The summed E-state index contributed by atoms with van der Waals surface area (Å²) in [5.74, 6) is 0. The molecule has 0 amide bonds. The van der Waals surface area contributed by atoms with Gasteiger partial charge in [-0.15, -0.1) is 0 Å². The summed E-state index contributed by atoms with van der Waals surface area (Å²) in [6, 6.07) is 30.4. The molecule has 0 aliphatic rings. The van der Waals surface area contributed by atoms with Crippen molar-refractivity contribution in [2.75, 3.05) is 0 Å². The van der Waals surface area contributed by atoms with Crippen molar-refractivity contribution in [3.8, 4) is 17.8 Å². The minimum atomic E-state index is 0.538. The third kappa shape index (κ3) is 2.13. The smallest absolute Gasteiger partial charge is 0.101 e. The Balaban J connectivity index is 2.04. The van der Waals surface area contributed by atoms with Gasteiger partial charge in [0.2, 0.25) is 0 Å². The first-order valence-corrected chi connectivity index (χ1v) is 8.67. The second-order valence-electron chi connectivity index (χ2n) is 6.49. The Morgan fingerprint density at radius 3 is 2.26 bits per heavy atom. The van der Waals surface area contributed by atoms with Crippen molar-refractivity contribution in [1.82, 2.24) is 4.57 Å². The van der Waals surface area contributed by atoms with Gasteiger partial charge >= 0.3 is 0 Å². The van der Waals surface area contributed by atoms with E-state index in [2.05, 4.69) is 53.1 Å². The maximum absolute atomic E-state index is 9.65. The van der Waals surface area contributed by atoms with Crippen LogP contribution in [-0.4, -0.2) is 4.57 Å². The average molecular weight is 343 g/mol. The van der Waals surface area contributed by atoms with Crippen molar-refractivity contribution in [3.63, 3.8) is 0 Å². The van der Waals surface area contributed by atoms with Gasteiger partial charge in [-0.1, -0.05) is 48.5 Å². The molecule has 0 radical (unpaired) electrons. The van der Waals surface area contributed by atoms with Crippen LogP contribution in [0.15, 0.2) is 78.9 Å². The van der Waals surface area contributed by atoms with Gasteiger partial charge in [0, 0.05) is 10.8 Å². The number of para-hydroxylation sites is 1. The lowest BCUT2D eigenvalue weighted by Crippen LogP contribution is -1.98. The van der Waals surface area contributed by atoms with Gasteiger partial charge in [-0.05, 0) is 41.1 Å². The van der Waals surface area contributed by atoms with Gasteiger partial charge in [0.05, 0.1) is 33.9 Å². The van der Waals surface area contributed by atoms with E-state index in [4.69, 9.17) is 0 Å². The van der Waals surface area contributed by atoms with Crippen LogP contribution in [0.5, 0.6) is 0 Å². The summed E-state index contributed by atoms with van der Waals surface area (Å²) in [7, 11) is 0. The number of aromatic nitrogens is 1. The zero-order valence-corrected chi connectivity index (χ0v) is 14.3. The molecule has 0 unspecified atom stereocenters. The lowest BCUT2D eigenvalue weighted by atomic mass is 10.0. The molecule has 0 N–H and O–H groups in total. The molecule has 0 aliphatic heterocycles. The van der Waals surface area contributed by atoms with Crippen molar-refractivity contribution in [2.24, 2.45) is 0 Å². The first kappa shape index (κ1) is 15.2. The molecule has 1 aromatic heterocycles. The standard InChI is InChI=1S/C24H13N3/c25-14-16-9-10-18(15-26)23(13-16)27-21-8-4-3-7-20(21)24-19-6-2-1-5-17(19)11-12-22(24)27/h1-13H. The highest BCUT2D eigenvalue weighted by Crippen LogP contribution is 2.37. The van der Waals surface area contributed by atoms with E-state index in [9.17, 15) is 10.5 Å². The van der Waals surface area contributed by atoms with E-state index in [-0.39, 0.29) is 0 Å². The number of rotatable bonds is 1. The predicted octanol–water partition coefficient (Wildman–Crippen LogP) is 5.68. The third-order valence-electron chi connectivity index (χ3n) is 5.05. The molecule has 4 aromatic carbocycles. The topological polar surface area (TPSA) is 52.5 Å². The molecule has 0 saturated heterocycles. The van der Waals surface area contributed by atoms with Gasteiger partial charge in [0.1, 0.15) is 6.07 Å². The second kappa shape index (κ2) is 5.73. The van der Waals surface area contributed by atoms with E-state index in [1.807, 2.05) is 24.3 Å². The fraction of sp³-hybridized carbons (Fsp3) is 0. The summed E-state index contributed by atoms with van der Waals surface area (Å²) >= 11 is 0. The van der Waals surface area contributed by atoms with Crippen molar-refractivity contribution < 1.29 is 0 Å². The Hall–Kier alpha value is -4.08. The number of fused-ring (bicyclic) bond motifs is 5. The normalized spacial score (nSPS) is 10.9. The number of hydrogen-bond acceptors (Lipinski definition) is 2. The van der Waals surface area contributed by atoms with Crippen LogP contribution < -0.4 is 0 Å². The first-order chi connectivity index (χ1) is 13.3. The van der Waals surface area contributed by atoms with Gasteiger partial charge < -0.3 is 4.57 Å². The number of nitriles is 2. The molecular weight excluding hydrogens is 330 g/mol. The van der Waals surface area contributed by atoms with Crippen molar-refractivity contribution in [3.05, 3.63) is 90.0 Å². The van der Waals surface area contributed by atoms with Gasteiger partial charge in [-0.25, -0.2) is 0 Å². The Kier molecular flexibility index (Phi) is 3.22. The minimum absolute atomic E-state index is 0.538. The summed E-state index contributed by atoms with van der Waals surface area (Å²) in [5.41, 5.74) is 3.87. The van der Waals surface area contributed by atoms with Gasteiger partial charge in [-0.3, -0.25) is 0 Å². The van der Waals surface area contributed by atoms with Crippen LogP contribution in [0.2, 0.25) is 0 Å². The van der Waals surface area contributed by atoms with Gasteiger partial charge in [0.25, 0.3) is 0 Å². The first-order valence-electron chi connectivity index (χ1n) is 8.67. The zero-order chi connectivity index (χ0) is 18.4. The Labute approximate surface area is 155 Å². The van der Waals surface area contributed by atoms with Crippen LogP contribution in [0.25, 0.3) is 38.3 Å². The summed E-state index contributed by atoms with van der Waals surface area (Å²) in [4.78, 5) is 0. The Morgan fingerprint density at radius 2 is 1.44 bits per heavy atom. The van der Waals surface area contributed by atoms with Crippen molar-refractivity contribution in [1.29, 1.82) is 10.5 Å². The van der Waals surface area contributed by atoms with Crippen LogP contribution in [0.3, 0.4) is 0 Å². The number of nitrogens with zero attached hydrogens (tertiary/aromatic N) is 3. The number of hydrogen-bond donors (Lipinski definition) is 0. The fourth-order valence-corrected chi connectivity index (χ4v) is 3.88. The lowest BCUT2D eigenvalue weighted by molar-refractivity contribution is 1.16. The summed E-state index contributed by atoms with van der Waals surface area (Å²) in [6.45, 7) is 0. The van der Waals surface area contributed by atoms with Crippen LogP contribution in [0, 0.1) is 22.7 Å². The molecule has 0 bridgehead atoms. The summed E-state index contributed by atoms with van der Waals surface area (Å²) < 4.78 is 2.09. The van der Waals surface area contributed by atoms with E-state index >= 15 is 0 Å². The molecule has 3 nitrogen and oxygen atoms in total. The molecule has 27 heavy (non-hydrogen) atoms. The highest BCUT2D eigenvalue weighted by molar-refractivity contribution is 6.21. The molecule has 0 saturated carbocycles. The molecule has 124 valence electrons. The molecule has 0 atom stereocenters. The number of benzene rings is 4. The zero-order valence-electron chi connectivity index (χ0n) is 14.3. The largest absolute Gasteiger partial charge is 0.308 e. The quantitative estimate of drug-likeness (QED) is 0.393. The van der Waals surface area contributed by atoms with E-state index in [1.165, 1.54) is 10.8 Å². The maximum atomic E-state index is 9.65. The Morgan fingerprint density at radius 1 is 0.667 bits per heavy atom. The van der Waals surface area contributed by atoms with Gasteiger partial charge in [-0.2, -0.15) is 10.5 Å². The predicted molar refractivity (Wildman–Crippen MR) is 108 cm³/mol. The lowest BCUT2D eigenvalue weighted by Gasteiger charge is -2.10. The van der Waals surface area contributed by atoms with E-state index in [0.29, 0.717) is 11.1 Å². The van der Waals surface area contributed by atoms with Crippen LogP contribution in [0.1, 0.15) is 11.1 Å². The fourth-order valence-electron chi connectivity index (χ4n) is 3.88. The highest BCUT2D eigenvalue weighted by atomic mass is 15.0. The van der Waals surface area contributed by atoms with Crippen molar-refractivity contribution >= 4 is 32.6 Å². The molecule has 1 heterocycles. The third-order valence-corrected chi connectivity index (χ3v) is 5.05. The summed E-state index contributed by atoms with van der Waals surface area (Å²) in [6.07, 6.45) is 0. The molecule has 0 fully saturated rings. The van der Waals surface area contributed by atoms with Gasteiger partial charge in [0.15, 0.2) is 0 Å². The second-order valence-corrected chi connectivity index (χ2v) is 6.49. The van der Waals surface area contributed by atoms with Crippen LogP contribution in [0.4, 0.5) is 0 Å². The minimum Gasteiger partial charge on any atom is -0.308 e. The molecular formula is C24H13N3. The van der Waals surface area contributed by atoms with Crippen LogP contribution in [-0.2, 0) is 0 Å². The summed E-state index contributed by atoms with van der Waals surface area (Å²) in [5, 5.41) is 23.7. The highest BCUT2D eigenvalue weighted by Gasteiger charge is 2.16. The van der Waals surface area contributed by atoms with E-state index < -0.39 is 0 Å². The molecule has 5 rings (SSSR count). The van der Waals surface area contributed by atoms with E-state index in [0.717, 1.165) is 27.5 Å². The average Bonchev–Trinajstić information content (AvgIpc) is 3.08. The maximum Gasteiger partial charge on any atom is 0.101 e. The molecule has 0 spiro atoms. The molecule has 0 aliphatic carbocycles. The SMILES string of the molecule is N#Cc1ccc(C#N)c(-n2c3ccccc3c3c4ccccc4ccc32)c1. The Bertz CT molecular complexity index is 1440. The van der Waals surface area contributed by atoms with Crippen LogP contribution >= 0.6 is 0 Å². The van der Waals surface area contributed by atoms with E-state index in [1.54, 1.807) is 18.2 Å².